The molecule has 0 saturated carbocycles. The first-order chi connectivity index (χ1) is 7.65. The lowest BCUT2D eigenvalue weighted by Crippen LogP contribution is -2.08. The average molecular weight is 239 g/mol. The topological polar surface area (TPSA) is 26.3 Å². The number of fused-ring (bicyclic) bond motifs is 1. The minimum Gasteiger partial charge on any atom is -0.494 e. The summed E-state index contributed by atoms with van der Waals surface area (Å²) in [7, 11) is 1.56. The van der Waals surface area contributed by atoms with Gasteiger partial charge in [0.2, 0.25) is 0 Å². The van der Waals surface area contributed by atoms with Gasteiger partial charge < -0.3 is 4.74 Å². The fraction of sp³-hybridized carbons (Fsp3) is 0.462. The molecule has 2 rings (SSSR count). The Morgan fingerprint density at radius 1 is 1.38 bits per heavy atom. The molecule has 3 heteroatoms. The second-order valence-corrected chi connectivity index (χ2v) is 4.55. The van der Waals surface area contributed by atoms with Gasteiger partial charge in [0.15, 0.2) is 5.78 Å². The summed E-state index contributed by atoms with van der Waals surface area (Å²) < 4.78 is 5.25. The van der Waals surface area contributed by atoms with Gasteiger partial charge in [0.25, 0.3) is 0 Å². The van der Waals surface area contributed by atoms with Crippen LogP contribution in [0.3, 0.4) is 0 Å². The second kappa shape index (κ2) is 4.46. The van der Waals surface area contributed by atoms with E-state index in [-0.39, 0.29) is 5.78 Å². The third-order valence-corrected chi connectivity index (χ3v) is 3.52. The SMILES string of the molecule is COc1c(C(C)=O)cc2c(c1Cl)CCCC2. The number of rotatable bonds is 2. The molecular formula is C13H15ClO2. The Labute approximate surface area is 101 Å². The van der Waals surface area contributed by atoms with Gasteiger partial charge in [-0.15, -0.1) is 0 Å². The predicted molar refractivity (Wildman–Crippen MR) is 64.7 cm³/mol. The number of halogens is 1. The van der Waals surface area contributed by atoms with Crippen molar-refractivity contribution >= 4 is 17.4 Å². The number of benzene rings is 1. The van der Waals surface area contributed by atoms with E-state index in [9.17, 15) is 4.79 Å². The van der Waals surface area contributed by atoms with Crippen LogP contribution in [0.2, 0.25) is 5.02 Å². The van der Waals surface area contributed by atoms with Crippen LogP contribution in [0.4, 0.5) is 0 Å². The zero-order chi connectivity index (χ0) is 11.7. The quantitative estimate of drug-likeness (QED) is 0.738. The summed E-state index contributed by atoms with van der Waals surface area (Å²) in [5.41, 5.74) is 2.98. The molecule has 1 aromatic carbocycles. The molecule has 1 aromatic rings. The molecule has 0 radical (unpaired) electrons. The lowest BCUT2D eigenvalue weighted by atomic mass is 9.89. The van der Waals surface area contributed by atoms with Crippen LogP contribution >= 0.6 is 11.6 Å². The summed E-state index contributed by atoms with van der Waals surface area (Å²) in [5.74, 6) is 0.543. The molecule has 0 amide bonds. The summed E-state index contributed by atoms with van der Waals surface area (Å²) in [6.45, 7) is 1.55. The van der Waals surface area contributed by atoms with Crippen LogP contribution in [0.15, 0.2) is 6.07 Å². The highest BCUT2D eigenvalue weighted by Crippen LogP contribution is 2.38. The number of Topliss-reactive ketones (excluding diaryl/α,β-unsaturated/α-hetero) is 1. The summed E-state index contributed by atoms with van der Waals surface area (Å²) in [6.07, 6.45) is 4.34. The van der Waals surface area contributed by atoms with Gasteiger partial charge in [0.1, 0.15) is 5.75 Å². The van der Waals surface area contributed by atoms with Crippen LogP contribution in [0.25, 0.3) is 0 Å². The smallest absolute Gasteiger partial charge is 0.163 e. The van der Waals surface area contributed by atoms with Crippen LogP contribution in [0.1, 0.15) is 41.3 Å². The number of ketones is 1. The molecule has 0 N–H and O–H groups in total. The molecule has 0 saturated heterocycles. The van der Waals surface area contributed by atoms with Gasteiger partial charge in [-0.2, -0.15) is 0 Å². The highest BCUT2D eigenvalue weighted by atomic mass is 35.5. The van der Waals surface area contributed by atoms with Gasteiger partial charge in [0.05, 0.1) is 17.7 Å². The first-order valence-electron chi connectivity index (χ1n) is 5.54. The Hall–Kier alpha value is -1.02. The first-order valence-corrected chi connectivity index (χ1v) is 5.92. The van der Waals surface area contributed by atoms with Gasteiger partial charge in [-0.1, -0.05) is 11.6 Å². The lowest BCUT2D eigenvalue weighted by molar-refractivity contribution is 0.101. The minimum absolute atomic E-state index is 0.00660. The average Bonchev–Trinajstić information content (AvgIpc) is 2.29. The van der Waals surface area contributed by atoms with Crippen LogP contribution in [-0.4, -0.2) is 12.9 Å². The number of hydrogen-bond donors (Lipinski definition) is 0. The van der Waals surface area contributed by atoms with Crippen molar-refractivity contribution in [2.24, 2.45) is 0 Å². The van der Waals surface area contributed by atoms with E-state index in [1.807, 2.05) is 6.07 Å². The fourth-order valence-corrected chi connectivity index (χ4v) is 2.69. The lowest BCUT2D eigenvalue weighted by Gasteiger charge is -2.20. The van der Waals surface area contributed by atoms with Crippen LogP contribution in [-0.2, 0) is 12.8 Å². The number of aryl methyl sites for hydroxylation is 1. The molecule has 0 aromatic heterocycles. The van der Waals surface area contributed by atoms with Crippen LogP contribution in [0, 0.1) is 0 Å². The molecule has 1 aliphatic carbocycles. The molecule has 2 nitrogen and oxygen atoms in total. The molecule has 86 valence electrons. The van der Waals surface area contributed by atoms with Crippen molar-refractivity contribution in [3.8, 4) is 5.75 Å². The molecular weight excluding hydrogens is 224 g/mol. The summed E-state index contributed by atoms with van der Waals surface area (Å²) in [5, 5.41) is 0.630. The van der Waals surface area contributed by atoms with Crippen molar-refractivity contribution in [1.82, 2.24) is 0 Å². The third kappa shape index (κ3) is 1.82. The largest absolute Gasteiger partial charge is 0.494 e. The number of carbonyl (C=O) groups excluding carboxylic acids is 1. The summed E-state index contributed by atoms with van der Waals surface area (Å²) >= 11 is 6.30. The Kier molecular flexibility index (Phi) is 3.20. The molecule has 16 heavy (non-hydrogen) atoms. The Balaban J connectivity index is 2.64. The second-order valence-electron chi connectivity index (χ2n) is 4.17. The third-order valence-electron chi connectivity index (χ3n) is 3.12. The van der Waals surface area contributed by atoms with Crippen molar-refractivity contribution in [2.75, 3.05) is 7.11 Å². The number of hydrogen-bond acceptors (Lipinski definition) is 2. The van der Waals surface area contributed by atoms with Crippen molar-refractivity contribution in [2.45, 2.75) is 32.6 Å². The molecule has 0 spiro atoms. The fourth-order valence-electron chi connectivity index (χ4n) is 2.29. The molecule has 0 fully saturated rings. The van der Waals surface area contributed by atoms with E-state index in [1.54, 1.807) is 14.0 Å². The van der Waals surface area contributed by atoms with Gasteiger partial charge >= 0.3 is 0 Å². The monoisotopic (exact) mass is 238 g/mol. The van der Waals surface area contributed by atoms with E-state index in [2.05, 4.69) is 0 Å². The first kappa shape index (κ1) is 11.5. The van der Waals surface area contributed by atoms with E-state index in [4.69, 9.17) is 16.3 Å². The highest BCUT2D eigenvalue weighted by Gasteiger charge is 2.21. The Bertz CT molecular complexity index is 438. The van der Waals surface area contributed by atoms with Gasteiger partial charge in [0, 0.05) is 0 Å². The molecule has 0 unspecified atom stereocenters. The molecule has 0 heterocycles. The normalized spacial score (nSPS) is 14.4. The molecule has 0 atom stereocenters. The van der Waals surface area contributed by atoms with E-state index >= 15 is 0 Å². The number of methoxy groups -OCH3 is 1. The zero-order valence-corrected chi connectivity index (χ0v) is 10.4. The van der Waals surface area contributed by atoms with Crippen molar-refractivity contribution in [3.05, 3.63) is 27.8 Å². The number of carbonyl (C=O) groups is 1. The van der Waals surface area contributed by atoms with Crippen LogP contribution < -0.4 is 4.74 Å². The van der Waals surface area contributed by atoms with E-state index in [1.165, 1.54) is 12.0 Å². The summed E-state index contributed by atoms with van der Waals surface area (Å²) in [4.78, 5) is 11.5. The molecule has 1 aliphatic rings. The summed E-state index contributed by atoms with van der Waals surface area (Å²) in [6, 6.07) is 1.95. The van der Waals surface area contributed by atoms with Gasteiger partial charge in [-0.05, 0) is 49.8 Å². The van der Waals surface area contributed by atoms with Gasteiger partial charge in [-0.25, -0.2) is 0 Å². The highest BCUT2D eigenvalue weighted by molar-refractivity contribution is 6.33. The maximum atomic E-state index is 11.5. The van der Waals surface area contributed by atoms with Crippen molar-refractivity contribution in [1.29, 1.82) is 0 Å². The van der Waals surface area contributed by atoms with E-state index < -0.39 is 0 Å². The Morgan fingerprint density at radius 3 is 2.69 bits per heavy atom. The van der Waals surface area contributed by atoms with Crippen molar-refractivity contribution in [3.63, 3.8) is 0 Å². The minimum atomic E-state index is 0.00660. The zero-order valence-electron chi connectivity index (χ0n) is 9.60. The van der Waals surface area contributed by atoms with Gasteiger partial charge in [-0.3, -0.25) is 4.79 Å². The number of ether oxygens (including phenoxy) is 1. The maximum Gasteiger partial charge on any atom is 0.163 e. The van der Waals surface area contributed by atoms with Crippen molar-refractivity contribution < 1.29 is 9.53 Å². The van der Waals surface area contributed by atoms with Crippen LogP contribution in [0.5, 0.6) is 5.75 Å². The molecule has 0 bridgehead atoms. The maximum absolute atomic E-state index is 11.5. The standard InChI is InChI=1S/C13H15ClO2/c1-8(15)11-7-9-5-3-4-6-10(9)12(14)13(11)16-2/h7H,3-6H2,1-2H3. The Morgan fingerprint density at radius 2 is 2.06 bits per heavy atom. The van der Waals surface area contributed by atoms with E-state index in [0.717, 1.165) is 24.8 Å². The van der Waals surface area contributed by atoms with E-state index in [0.29, 0.717) is 16.3 Å². The predicted octanol–water partition coefficient (Wildman–Crippen LogP) is 3.43. The molecule has 0 aliphatic heterocycles.